The fourth-order valence-electron chi connectivity index (χ4n) is 4.89. The molecule has 2 unspecified atom stereocenters. The van der Waals surface area contributed by atoms with Gasteiger partial charge < -0.3 is 26.6 Å². The third-order valence-corrected chi connectivity index (χ3v) is 7.27. The molecule has 0 aliphatic carbocycles. The lowest BCUT2D eigenvalue weighted by molar-refractivity contribution is -0.131. The number of nitrogens with zero attached hydrogens (tertiary/aromatic N) is 2. The molecule has 202 valence electrons. The van der Waals surface area contributed by atoms with Gasteiger partial charge in [-0.25, -0.2) is 4.39 Å². The van der Waals surface area contributed by atoms with Gasteiger partial charge in [-0.2, -0.15) is 0 Å². The molecule has 1 saturated heterocycles. The highest BCUT2D eigenvalue weighted by Crippen LogP contribution is 2.33. The minimum atomic E-state index is -1.58. The molecule has 11 heteroatoms. The quantitative estimate of drug-likeness (QED) is 0.387. The highest BCUT2D eigenvalue weighted by Gasteiger charge is 2.53. The standard InChI is InChI=1S/C27H32ClFN6O3/c1-2-22-33-23(25(37)31-12-15-35-13-4-3-5-14-35)27(34-22,26(30)38)17-6-9-19(10-7-17)32-24(36)20-11-8-18(29)16-21(20)28/h6-11,16,23H,2-5,12-15H2,1H3,(H2,30,38)(H,31,37)(H,32,36)(H,33,34). The summed E-state index contributed by atoms with van der Waals surface area (Å²) < 4.78 is 13.3. The Kier molecular flexibility index (Phi) is 8.63. The number of primary amides is 1. The minimum absolute atomic E-state index is 0.0136. The van der Waals surface area contributed by atoms with Gasteiger partial charge in [-0.3, -0.25) is 19.4 Å². The summed E-state index contributed by atoms with van der Waals surface area (Å²) >= 11 is 5.99. The number of aliphatic imine (C=N–C) groups is 1. The number of amidine groups is 1. The summed E-state index contributed by atoms with van der Waals surface area (Å²) in [4.78, 5) is 45.6. The Morgan fingerprint density at radius 2 is 1.87 bits per heavy atom. The van der Waals surface area contributed by atoms with Crippen molar-refractivity contribution < 1.29 is 18.8 Å². The van der Waals surface area contributed by atoms with Crippen molar-refractivity contribution in [1.29, 1.82) is 0 Å². The topological polar surface area (TPSA) is 129 Å². The molecular formula is C27H32ClFN6O3. The SMILES string of the molecule is CCC1=NC(C(=O)NCCN2CCCCC2)C(C(N)=O)(c2ccc(NC(=O)c3ccc(F)cc3Cl)cc2)N1. The first-order valence-corrected chi connectivity index (χ1v) is 13.1. The minimum Gasteiger partial charge on any atom is -0.367 e. The van der Waals surface area contributed by atoms with Crippen LogP contribution in [0.5, 0.6) is 0 Å². The number of likely N-dealkylation sites (tertiary alicyclic amines) is 1. The first kappa shape index (κ1) is 27.5. The van der Waals surface area contributed by atoms with Crippen LogP contribution in [0, 0.1) is 5.82 Å². The van der Waals surface area contributed by atoms with Crippen molar-refractivity contribution >= 4 is 40.8 Å². The Bertz CT molecular complexity index is 1230. The first-order valence-electron chi connectivity index (χ1n) is 12.8. The number of amides is 3. The molecule has 0 bridgehead atoms. The monoisotopic (exact) mass is 542 g/mol. The van der Waals surface area contributed by atoms with E-state index in [0.717, 1.165) is 44.6 Å². The smallest absolute Gasteiger partial charge is 0.257 e. The third-order valence-electron chi connectivity index (χ3n) is 6.96. The molecule has 2 aromatic carbocycles. The van der Waals surface area contributed by atoms with Gasteiger partial charge in [0.1, 0.15) is 5.82 Å². The highest BCUT2D eigenvalue weighted by molar-refractivity contribution is 6.34. The second kappa shape index (κ2) is 11.9. The molecule has 0 radical (unpaired) electrons. The fourth-order valence-corrected chi connectivity index (χ4v) is 5.14. The van der Waals surface area contributed by atoms with Gasteiger partial charge in [0.25, 0.3) is 11.8 Å². The zero-order valence-corrected chi connectivity index (χ0v) is 22.0. The van der Waals surface area contributed by atoms with Gasteiger partial charge in [0, 0.05) is 25.2 Å². The summed E-state index contributed by atoms with van der Waals surface area (Å²) in [6.07, 6.45) is 4.03. The van der Waals surface area contributed by atoms with Crippen LogP contribution >= 0.6 is 11.6 Å². The van der Waals surface area contributed by atoms with Gasteiger partial charge in [0.15, 0.2) is 11.6 Å². The van der Waals surface area contributed by atoms with Crippen LogP contribution in [-0.2, 0) is 15.1 Å². The van der Waals surface area contributed by atoms with Gasteiger partial charge in [-0.05, 0) is 61.8 Å². The normalized spacial score (nSPS) is 21.3. The fraction of sp³-hybridized carbons (Fsp3) is 0.407. The molecule has 2 atom stereocenters. The van der Waals surface area contributed by atoms with E-state index in [9.17, 15) is 18.8 Å². The maximum Gasteiger partial charge on any atom is 0.257 e. The number of hydrogen-bond donors (Lipinski definition) is 4. The maximum atomic E-state index is 13.3. The van der Waals surface area contributed by atoms with Crippen LogP contribution in [-0.4, -0.2) is 60.7 Å². The number of carbonyl (C=O) groups is 3. The average Bonchev–Trinajstić information content (AvgIpc) is 3.31. The molecule has 38 heavy (non-hydrogen) atoms. The first-order chi connectivity index (χ1) is 18.2. The zero-order valence-electron chi connectivity index (χ0n) is 21.2. The van der Waals surface area contributed by atoms with Gasteiger partial charge in [-0.1, -0.05) is 37.1 Å². The number of hydrogen-bond acceptors (Lipinski definition) is 6. The van der Waals surface area contributed by atoms with E-state index in [-0.39, 0.29) is 16.5 Å². The molecule has 0 spiro atoms. The van der Waals surface area contributed by atoms with Crippen LogP contribution in [0.3, 0.4) is 0 Å². The lowest BCUT2D eigenvalue weighted by Gasteiger charge is -2.32. The van der Waals surface area contributed by atoms with Crippen LogP contribution in [0.2, 0.25) is 5.02 Å². The van der Waals surface area contributed by atoms with E-state index in [1.54, 1.807) is 24.3 Å². The third kappa shape index (κ3) is 5.81. The summed E-state index contributed by atoms with van der Waals surface area (Å²) in [5, 5.41) is 8.72. The maximum absolute atomic E-state index is 13.3. The van der Waals surface area contributed by atoms with Gasteiger partial charge in [-0.15, -0.1) is 0 Å². The van der Waals surface area contributed by atoms with Crippen LogP contribution < -0.4 is 21.7 Å². The van der Waals surface area contributed by atoms with Crippen molar-refractivity contribution in [2.24, 2.45) is 10.7 Å². The predicted molar refractivity (Wildman–Crippen MR) is 145 cm³/mol. The molecule has 5 N–H and O–H groups in total. The lowest BCUT2D eigenvalue weighted by atomic mass is 9.82. The summed E-state index contributed by atoms with van der Waals surface area (Å²) in [6.45, 7) is 5.07. The van der Waals surface area contributed by atoms with Crippen molar-refractivity contribution in [1.82, 2.24) is 15.5 Å². The second-order valence-electron chi connectivity index (χ2n) is 9.48. The van der Waals surface area contributed by atoms with E-state index in [1.807, 2.05) is 6.92 Å². The molecule has 2 aliphatic heterocycles. The Morgan fingerprint density at radius 1 is 1.16 bits per heavy atom. The van der Waals surface area contributed by atoms with E-state index in [2.05, 4.69) is 25.8 Å². The molecule has 3 amide bonds. The summed E-state index contributed by atoms with van der Waals surface area (Å²) in [7, 11) is 0. The van der Waals surface area contributed by atoms with Crippen molar-refractivity contribution in [3.05, 3.63) is 64.4 Å². The number of halogens is 2. The van der Waals surface area contributed by atoms with Crippen LogP contribution in [0.25, 0.3) is 0 Å². The summed E-state index contributed by atoms with van der Waals surface area (Å²) in [6, 6.07) is 8.82. The van der Waals surface area contributed by atoms with Gasteiger partial charge >= 0.3 is 0 Å². The average molecular weight is 543 g/mol. The molecule has 9 nitrogen and oxygen atoms in total. The molecule has 2 aromatic rings. The summed E-state index contributed by atoms with van der Waals surface area (Å²) in [5.74, 6) is -1.69. The molecule has 4 rings (SSSR count). The van der Waals surface area contributed by atoms with Gasteiger partial charge in [0.2, 0.25) is 5.91 Å². The van der Waals surface area contributed by atoms with Crippen molar-refractivity contribution in [3.63, 3.8) is 0 Å². The molecule has 2 aliphatic rings. The van der Waals surface area contributed by atoms with E-state index >= 15 is 0 Å². The van der Waals surface area contributed by atoms with E-state index in [4.69, 9.17) is 17.3 Å². The van der Waals surface area contributed by atoms with Crippen molar-refractivity contribution in [2.75, 3.05) is 31.5 Å². The predicted octanol–water partition coefficient (Wildman–Crippen LogP) is 2.79. The Hall–Kier alpha value is -3.50. The largest absolute Gasteiger partial charge is 0.367 e. The van der Waals surface area contributed by atoms with Crippen molar-refractivity contribution in [2.45, 2.75) is 44.2 Å². The molecule has 0 aromatic heterocycles. The molecular weight excluding hydrogens is 511 g/mol. The van der Waals surface area contributed by atoms with Crippen molar-refractivity contribution in [3.8, 4) is 0 Å². The van der Waals surface area contributed by atoms with Crippen LogP contribution in [0.1, 0.15) is 48.5 Å². The summed E-state index contributed by atoms with van der Waals surface area (Å²) in [5.41, 5.74) is 5.29. The van der Waals surface area contributed by atoms with Gasteiger partial charge in [0.05, 0.1) is 16.4 Å². The van der Waals surface area contributed by atoms with Crippen LogP contribution in [0.4, 0.5) is 10.1 Å². The number of carbonyl (C=O) groups excluding carboxylic acids is 3. The lowest BCUT2D eigenvalue weighted by Crippen LogP contribution is -2.60. The number of piperidine rings is 1. The number of nitrogens with one attached hydrogen (secondary N) is 3. The molecule has 1 fully saturated rings. The van der Waals surface area contributed by atoms with Crippen LogP contribution in [0.15, 0.2) is 47.5 Å². The number of benzene rings is 2. The van der Waals surface area contributed by atoms with E-state index in [0.29, 0.717) is 30.1 Å². The van der Waals surface area contributed by atoms with E-state index in [1.165, 1.54) is 12.5 Å². The number of anilines is 1. The Morgan fingerprint density at radius 3 is 2.50 bits per heavy atom. The number of rotatable bonds is 9. The van der Waals surface area contributed by atoms with E-state index < -0.39 is 29.2 Å². The number of nitrogens with two attached hydrogens (primary N) is 1. The molecule has 2 heterocycles. The highest BCUT2D eigenvalue weighted by atomic mass is 35.5. The Balaban J connectivity index is 1.51. The molecule has 0 saturated carbocycles. The Labute approximate surface area is 226 Å². The zero-order chi connectivity index (χ0) is 27.3. The second-order valence-corrected chi connectivity index (χ2v) is 9.89.